The molecule has 0 spiro atoms. The number of hydrogen-bond donors (Lipinski definition) is 0. The Morgan fingerprint density at radius 3 is 2.25 bits per heavy atom. The molecule has 7 nitrogen and oxygen atoms in total. The highest BCUT2D eigenvalue weighted by Gasteiger charge is 2.22. The fraction of sp³-hybridized carbons (Fsp3) is 0.286. The normalized spacial score (nSPS) is 10.7. The van der Waals surface area contributed by atoms with Gasteiger partial charge in [0.05, 0.1) is 32.4 Å². The number of fused-ring (bicyclic) bond motifs is 1. The minimum absolute atomic E-state index is 0.138. The van der Waals surface area contributed by atoms with Crippen molar-refractivity contribution in [2.45, 2.75) is 19.9 Å². The van der Waals surface area contributed by atoms with E-state index in [9.17, 15) is 9.59 Å². The molecule has 0 N–H and O–H groups in total. The number of carbonyl (C=O) groups is 1. The van der Waals surface area contributed by atoms with Crippen molar-refractivity contribution < 1.29 is 19.0 Å². The number of hydrogen-bond acceptors (Lipinski definition) is 6. The maximum absolute atomic E-state index is 13.2. The van der Waals surface area contributed by atoms with Gasteiger partial charge in [0.1, 0.15) is 0 Å². The van der Waals surface area contributed by atoms with Crippen LogP contribution in [0.5, 0.6) is 17.2 Å². The highest BCUT2D eigenvalue weighted by Crippen LogP contribution is 2.38. The first-order valence-electron chi connectivity index (χ1n) is 8.90. The van der Waals surface area contributed by atoms with Crippen LogP contribution >= 0.6 is 0 Å². The molecule has 0 aliphatic heterocycles. The summed E-state index contributed by atoms with van der Waals surface area (Å²) in [6, 6.07) is 10.3. The molecule has 146 valence electrons. The predicted octanol–water partition coefficient (Wildman–Crippen LogP) is 3.06. The first-order valence-corrected chi connectivity index (χ1v) is 8.90. The third-order valence-electron chi connectivity index (χ3n) is 4.44. The van der Waals surface area contributed by atoms with Crippen LogP contribution in [0.2, 0.25) is 0 Å². The van der Waals surface area contributed by atoms with Gasteiger partial charge in [0, 0.05) is 12.1 Å². The number of benzene rings is 2. The number of aromatic nitrogens is 2. The zero-order chi connectivity index (χ0) is 20.3. The number of ether oxygens (including phenoxy) is 3. The monoisotopic (exact) mass is 382 g/mol. The van der Waals surface area contributed by atoms with Gasteiger partial charge in [0.15, 0.2) is 17.2 Å². The molecule has 0 fully saturated rings. The first kappa shape index (κ1) is 19.4. The SMILES string of the molecule is CCCn1c(=O)c(C(=O)c2cc(OC)c(OC)c(OC)c2)nc2ccccc21. The first-order chi connectivity index (χ1) is 13.5. The summed E-state index contributed by atoms with van der Waals surface area (Å²) in [5, 5.41) is 0. The molecule has 0 aliphatic rings. The van der Waals surface area contributed by atoms with Gasteiger partial charge in [-0.2, -0.15) is 0 Å². The smallest absolute Gasteiger partial charge is 0.281 e. The molecule has 0 atom stereocenters. The summed E-state index contributed by atoms with van der Waals surface area (Å²) >= 11 is 0. The van der Waals surface area contributed by atoms with E-state index in [1.54, 1.807) is 10.6 Å². The maximum atomic E-state index is 13.2. The number of methoxy groups -OCH3 is 3. The van der Waals surface area contributed by atoms with Gasteiger partial charge < -0.3 is 18.8 Å². The molecular formula is C21H22N2O5. The minimum Gasteiger partial charge on any atom is -0.493 e. The number of nitrogens with zero attached hydrogens (tertiary/aromatic N) is 2. The van der Waals surface area contributed by atoms with Crippen molar-refractivity contribution in [1.29, 1.82) is 0 Å². The van der Waals surface area contributed by atoms with Crippen LogP contribution in [0.1, 0.15) is 29.4 Å². The third kappa shape index (κ3) is 3.31. The number of para-hydroxylation sites is 2. The van der Waals surface area contributed by atoms with E-state index in [0.717, 1.165) is 6.42 Å². The Kier molecular flexibility index (Phi) is 5.63. The Bertz CT molecular complexity index is 1060. The molecule has 1 aromatic heterocycles. The van der Waals surface area contributed by atoms with Gasteiger partial charge in [-0.1, -0.05) is 19.1 Å². The molecule has 0 saturated carbocycles. The number of ketones is 1. The van der Waals surface area contributed by atoms with Crippen LogP contribution in [-0.2, 0) is 6.54 Å². The van der Waals surface area contributed by atoms with Crippen molar-refractivity contribution in [2.24, 2.45) is 0 Å². The van der Waals surface area contributed by atoms with E-state index in [2.05, 4.69) is 4.98 Å². The summed E-state index contributed by atoms with van der Waals surface area (Å²) < 4.78 is 17.5. The molecule has 2 aromatic carbocycles. The quantitative estimate of drug-likeness (QED) is 0.585. The summed E-state index contributed by atoms with van der Waals surface area (Å²) in [4.78, 5) is 30.5. The Morgan fingerprint density at radius 2 is 1.68 bits per heavy atom. The lowest BCUT2D eigenvalue weighted by atomic mass is 10.1. The van der Waals surface area contributed by atoms with Gasteiger partial charge in [0.25, 0.3) is 5.56 Å². The van der Waals surface area contributed by atoms with Crippen molar-refractivity contribution >= 4 is 16.8 Å². The molecular weight excluding hydrogens is 360 g/mol. The molecule has 3 aromatic rings. The zero-order valence-electron chi connectivity index (χ0n) is 16.3. The van der Waals surface area contributed by atoms with Crippen molar-refractivity contribution in [3.8, 4) is 17.2 Å². The molecule has 0 radical (unpaired) electrons. The van der Waals surface area contributed by atoms with Crippen LogP contribution in [0.4, 0.5) is 0 Å². The Morgan fingerprint density at radius 1 is 1.04 bits per heavy atom. The number of carbonyl (C=O) groups excluding carboxylic acids is 1. The highest BCUT2D eigenvalue weighted by molar-refractivity contribution is 6.09. The van der Waals surface area contributed by atoms with Crippen molar-refractivity contribution in [1.82, 2.24) is 9.55 Å². The fourth-order valence-corrected chi connectivity index (χ4v) is 3.13. The maximum Gasteiger partial charge on any atom is 0.281 e. The Labute approximate surface area is 162 Å². The average Bonchev–Trinajstić information content (AvgIpc) is 2.73. The standard InChI is InChI=1S/C21H22N2O5/c1-5-10-23-15-9-7-6-8-14(15)22-18(21(23)25)19(24)13-11-16(26-2)20(28-4)17(12-13)27-3/h6-9,11-12H,5,10H2,1-4H3. The van der Waals surface area contributed by atoms with E-state index in [1.165, 1.54) is 33.5 Å². The molecule has 0 saturated heterocycles. The van der Waals surface area contributed by atoms with E-state index in [1.807, 2.05) is 25.1 Å². The van der Waals surface area contributed by atoms with Crippen molar-refractivity contribution in [3.63, 3.8) is 0 Å². The van der Waals surface area contributed by atoms with Crippen LogP contribution in [-0.4, -0.2) is 36.7 Å². The lowest BCUT2D eigenvalue weighted by molar-refractivity contribution is 0.103. The second kappa shape index (κ2) is 8.12. The van der Waals surface area contributed by atoms with Crippen LogP contribution in [0.15, 0.2) is 41.2 Å². The van der Waals surface area contributed by atoms with E-state index in [4.69, 9.17) is 14.2 Å². The molecule has 7 heteroatoms. The molecule has 0 bridgehead atoms. The van der Waals surface area contributed by atoms with Crippen LogP contribution < -0.4 is 19.8 Å². The second-order valence-electron chi connectivity index (χ2n) is 6.15. The molecule has 0 aliphatic carbocycles. The summed E-state index contributed by atoms with van der Waals surface area (Å²) in [5.41, 5.74) is 0.972. The second-order valence-corrected chi connectivity index (χ2v) is 6.15. The van der Waals surface area contributed by atoms with Gasteiger partial charge in [0.2, 0.25) is 11.5 Å². The lowest BCUT2D eigenvalue weighted by Gasteiger charge is -2.14. The molecule has 1 heterocycles. The van der Waals surface area contributed by atoms with E-state index >= 15 is 0 Å². The predicted molar refractivity (Wildman–Crippen MR) is 106 cm³/mol. The van der Waals surface area contributed by atoms with Crippen molar-refractivity contribution in [3.05, 3.63) is 58.0 Å². The number of aryl methyl sites for hydroxylation is 1. The third-order valence-corrected chi connectivity index (χ3v) is 4.44. The molecule has 28 heavy (non-hydrogen) atoms. The summed E-state index contributed by atoms with van der Waals surface area (Å²) in [5.74, 6) is 0.538. The van der Waals surface area contributed by atoms with Gasteiger partial charge >= 0.3 is 0 Å². The Balaban J connectivity index is 2.22. The molecule has 0 unspecified atom stereocenters. The number of rotatable bonds is 7. The minimum atomic E-state index is -0.500. The largest absolute Gasteiger partial charge is 0.493 e. The fourth-order valence-electron chi connectivity index (χ4n) is 3.13. The van der Waals surface area contributed by atoms with Gasteiger partial charge in [-0.3, -0.25) is 9.59 Å². The summed E-state index contributed by atoms with van der Waals surface area (Å²) in [6.07, 6.45) is 0.756. The van der Waals surface area contributed by atoms with E-state index in [0.29, 0.717) is 34.8 Å². The topological polar surface area (TPSA) is 79.7 Å². The summed E-state index contributed by atoms with van der Waals surface area (Å²) in [7, 11) is 4.41. The van der Waals surface area contributed by atoms with Crippen molar-refractivity contribution in [2.75, 3.05) is 21.3 Å². The van der Waals surface area contributed by atoms with Gasteiger partial charge in [-0.05, 0) is 30.7 Å². The Hall–Kier alpha value is -3.35. The molecule has 3 rings (SSSR count). The lowest BCUT2D eigenvalue weighted by Crippen LogP contribution is -2.29. The van der Waals surface area contributed by atoms with Crippen LogP contribution in [0.25, 0.3) is 11.0 Å². The molecule has 0 amide bonds. The van der Waals surface area contributed by atoms with Gasteiger partial charge in [-0.15, -0.1) is 0 Å². The van der Waals surface area contributed by atoms with Crippen LogP contribution in [0, 0.1) is 0 Å². The average molecular weight is 382 g/mol. The van der Waals surface area contributed by atoms with Gasteiger partial charge in [-0.25, -0.2) is 4.98 Å². The summed E-state index contributed by atoms with van der Waals surface area (Å²) in [6.45, 7) is 2.47. The zero-order valence-corrected chi connectivity index (χ0v) is 16.3. The van der Waals surface area contributed by atoms with E-state index < -0.39 is 11.3 Å². The highest BCUT2D eigenvalue weighted by atomic mass is 16.5. The van der Waals surface area contributed by atoms with E-state index in [-0.39, 0.29) is 11.3 Å². The van der Waals surface area contributed by atoms with Crippen LogP contribution in [0.3, 0.4) is 0 Å².